The molecular formula is C42H42F3N9O5. The Balaban J connectivity index is 0.747. The predicted octanol–water partition coefficient (Wildman–Crippen LogP) is 3.70. The normalized spacial score (nSPS) is 24.4. The summed E-state index contributed by atoms with van der Waals surface area (Å²) in [4.78, 5) is 85.3. The van der Waals surface area contributed by atoms with Crippen molar-refractivity contribution < 1.29 is 37.1 Å². The molecule has 3 atom stereocenters. The summed E-state index contributed by atoms with van der Waals surface area (Å²) in [6, 6.07) is 9.14. The standard InChI is InChI=1S/C42H42F3N9O5/c1-23-12-28-27-4-2-3-5-31(27)48-35(28)36(53(23)22-42(43,44)45)26-15-46-40(47-16-26)51-10-8-41(9-11-51)20-52(21-41)34(56)19-50-17-24-13-29-30(14-25(24)18-50)39(59)54(38(29)58)32-6-7-33(55)49-37(32)57/h2-5,13-16,23,32,36,48H,6-12,17-22H2,1H3,(H,49,55,57)/t23-,32?,36-/m1/s1. The van der Waals surface area contributed by atoms with E-state index in [2.05, 4.69) is 25.2 Å². The number of imide groups is 2. The van der Waals surface area contributed by atoms with Crippen molar-refractivity contribution in [3.8, 4) is 0 Å². The maximum atomic E-state index is 13.9. The maximum Gasteiger partial charge on any atom is 0.401 e. The van der Waals surface area contributed by atoms with E-state index in [-0.39, 0.29) is 47.9 Å². The second-order valence-corrected chi connectivity index (χ2v) is 17.1. The first-order valence-electron chi connectivity index (χ1n) is 20.1. The number of para-hydroxylation sites is 1. The van der Waals surface area contributed by atoms with Gasteiger partial charge in [0.2, 0.25) is 23.7 Å². The largest absolute Gasteiger partial charge is 0.401 e. The third-order valence-electron chi connectivity index (χ3n) is 13.3. The van der Waals surface area contributed by atoms with E-state index in [0.717, 1.165) is 51.0 Å². The van der Waals surface area contributed by atoms with E-state index in [4.69, 9.17) is 0 Å². The van der Waals surface area contributed by atoms with Crippen molar-refractivity contribution in [3.63, 3.8) is 0 Å². The quantitative estimate of drug-likeness (QED) is 0.276. The van der Waals surface area contributed by atoms with Gasteiger partial charge in [-0.15, -0.1) is 0 Å². The average molecular weight is 810 g/mol. The Morgan fingerprint density at radius 2 is 1.61 bits per heavy atom. The van der Waals surface area contributed by atoms with E-state index < -0.39 is 48.4 Å². The number of likely N-dealkylation sites (tertiary alicyclic amines) is 1. The van der Waals surface area contributed by atoms with Crippen molar-refractivity contribution in [1.29, 1.82) is 0 Å². The van der Waals surface area contributed by atoms with Crippen molar-refractivity contribution in [2.45, 2.75) is 76.4 Å². The Hall–Kier alpha value is -5.68. The van der Waals surface area contributed by atoms with Crippen LogP contribution in [0.4, 0.5) is 19.1 Å². The topological polar surface area (TPSA) is 155 Å². The summed E-state index contributed by atoms with van der Waals surface area (Å²) in [5, 5.41) is 3.23. The third kappa shape index (κ3) is 6.45. The summed E-state index contributed by atoms with van der Waals surface area (Å²) in [6.45, 7) is 4.57. The summed E-state index contributed by atoms with van der Waals surface area (Å²) in [5.41, 5.74) is 5.46. The smallest absolute Gasteiger partial charge is 0.357 e. The lowest BCUT2D eigenvalue weighted by Gasteiger charge is -2.54. The summed E-state index contributed by atoms with van der Waals surface area (Å²) in [6.07, 6.45) is 1.29. The van der Waals surface area contributed by atoms with Gasteiger partial charge < -0.3 is 14.8 Å². The molecule has 6 aliphatic heterocycles. The minimum atomic E-state index is -4.37. The van der Waals surface area contributed by atoms with Crippen LogP contribution in [-0.2, 0) is 33.9 Å². The molecule has 10 rings (SSSR count). The van der Waals surface area contributed by atoms with Gasteiger partial charge in [0.25, 0.3) is 11.8 Å². The minimum Gasteiger partial charge on any atom is -0.357 e. The van der Waals surface area contributed by atoms with Gasteiger partial charge in [-0.25, -0.2) is 9.97 Å². The van der Waals surface area contributed by atoms with Crippen LogP contribution in [0, 0.1) is 5.41 Å². The monoisotopic (exact) mass is 809 g/mol. The van der Waals surface area contributed by atoms with Gasteiger partial charge in [-0.05, 0) is 67.5 Å². The van der Waals surface area contributed by atoms with Crippen LogP contribution in [0.15, 0.2) is 48.8 Å². The third-order valence-corrected chi connectivity index (χ3v) is 13.3. The number of rotatable bonds is 6. The molecule has 8 heterocycles. The minimum absolute atomic E-state index is 0.00163. The lowest BCUT2D eigenvalue weighted by molar-refractivity contribution is -0.155. The van der Waals surface area contributed by atoms with Gasteiger partial charge in [0, 0.05) is 91.7 Å². The summed E-state index contributed by atoms with van der Waals surface area (Å²) in [5.74, 6) is -1.62. The molecule has 1 unspecified atom stereocenters. The molecule has 0 aliphatic carbocycles. The van der Waals surface area contributed by atoms with Gasteiger partial charge >= 0.3 is 6.18 Å². The van der Waals surface area contributed by atoms with Crippen molar-refractivity contribution >= 4 is 46.4 Å². The Labute approximate surface area is 336 Å². The SMILES string of the molecule is C[C@@H]1Cc2c([nH]c3ccccc23)[C@@H](c2cnc(N3CCC4(CC3)CN(C(=O)CN3Cc5cc6c(cc5C3)C(=O)N(C3CCC(=O)NC3=O)C6=O)C4)nc2)N1CC(F)(F)F. The number of nitrogens with one attached hydrogen (secondary N) is 2. The number of amides is 5. The molecule has 306 valence electrons. The van der Waals surface area contributed by atoms with E-state index >= 15 is 0 Å². The number of piperidine rings is 2. The van der Waals surface area contributed by atoms with Crippen LogP contribution in [0.25, 0.3) is 10.9 Å². The highest BCUT2D eigenvalue weighted by Gasteiger charge is 2.49. The highest BCUT2D eigenvalue weighted by Crippen LogP contribution is 2.44. The molecule has 59 heavy (non-hydrogen) atoms. The molecule has 0 radical (unpaired) electrons. The zero-order valence-corrected chi connectivity index (χ0v) is 32.3. The molecule has 4 aromatic rings. The lowest BCUT2D eigenvalue weighted by Crippen LogP contribution is -2.63. The molecular weight excluding hydrogens is 768 g/mol. The van der Waals surface area contributed by atoms with Gasteiger partial charge in [0.05, 0.1) is 30.3 Å². The molecule has 17 heteroatoms. The Morgan fingerprint density at radius 3 is 2.25 bits per heavy atom. The second-order valence-electron chi connectivity index (χ2n) is 17.1. The van der Waals surface area contributed by atoms with E-state index in [1.807, 2.05) is 41.0 Å². The van der Waals surface area contributed by atoms with Crippen molar-refractivity contribution in [2.24, 2.45) is 5.41 Å². The van der Waals surface area contributed by atoms with Gasteiger partial charge in [-0.1, -0.05) is 18.2 Å². The number of alkyl halides is 3. The number of halogens is 3. The van der Waals surface area contributed by atoms with E-state index in [9.17, 15) is 37.1 Å². The first-order chi connectivity index (χ1) is 28.2. The molecule has 2 aromatic heterocycles. The highest BCUT2D eigenvalue weighted by atomic mass is 19.4. The van der Waals surface area contributed by atoms with Gasteiger partial charge in [0.1, 0.15) is 6.04 Å². The molecule has 1 spiro atoms. The fraction of sp³-hybridized carbons (Fsp3) is 0.452. The molecule has 6 aliphatic rings. The van der Waals surface area contributed by atoms with Crippen LogP contribution in [-0.4, -0.2) is 122 Å². The first kappa shape index (κ1) is 37.6. The number of hydrogen-bond donors (Lipinski definition) is 2. The van der Waals surface area contributed by atoms with Crippen LogP contribution in [0.5, 0.6) is 0 Å². The fourth-order valence-electron chi connectivity index (χ4n) is 10.2. The average Bonchev–Trinajstić information content (AvgIpc) is 3.83. The van der Waals surface area contributed by atoms with Crippen LogP contribution >= 0.6 is 0 Å². The van der Waals surface area contributed by atoms with E-state index in [0.29, 0.717) is 57.2 Å². The molecule has 3 saturated heterocycles. The van der Waals surface area contributed by atoms with Gasteiger partial charge in [0.15, 0.2) is 0 Å². The van der Waals surface area contributed by atoms with Gasteiger partial charge in [-0.3, -0.25) is 44.0 Å². The summed E-state index contributed by atoms with van der Waals surface area (Å²) in [7, 11) is 0. The molecule has 2 aromatic carbocycles. The number of carbonyl (C=O) groups excluding carboxylic acids is 5. The number of hydrogen-bond acceptors (Lipinski definition) is 10. The van der Waals surface area contributed by atoms with Crippen LogP contribution < -0.4 is 10.2 Å². The number of aromatic amines is 1. The van der Waals surface area contributed by atoms with Crippen molar-refractivity contribution in [2.75, 3.05) is 44.2 Å². The van der Waals surface area contributed by atoms with Crippen molar-refractivity contribution in [3.05, 3.63) is 87.9 Å². The van der Waals surface area contributed by atoms with Crippen LogP contribution in [0.1, 0.15) is 87.3 Å². The lowest BCUT2D eigenvalue weighted by atomic mass is 9.72. The summed E-state index contributed by atoms with van der Waals surface area (Å²) >= 11 is 0. The summed E-state index contributed by atoms with van der Waals surface area (Å²) < 4.78 is 41.6. The number of nitrogens with zero attached hydrogens (tertiary/aromatic N) is 7. The van der Waals surface area contributed by atoms with Crippen LogP contribution in [0.2, 0.25) is 0 Å². The molecule has 2 N–H and O–H groups in total. The first-order valence-corrected chi connectivity index (χ1v) is 20.1. The fourth-order valence-corrected chi connectivity index (χ4v) is 10.2. The maximum absolute atomic E-state index is 13.9. The number of fused-ring (bicyclic) bond motifs is 5. The number of aromatic nitrogens is 3. The van der Waals surface area contributed by atoms with Crippen LogP contribution in [0.3, 0.4) is 0 Å². The predicted molar refractivity (Wildman–Crippen MR) is 206 cm³/mol. The Kier molecular flexibility index (Phi) is 8.72. The Morgan fingerprint density at radius 1 is 0.949 bits per heavy atom. The van der Waals surface area contributed by atoms with E-state index in [1.54, 1.807) is 24.5 Å². The molecule has 5 amide bonds. The molecule has 0 saturated carbocycles. The zero-order valence-electron chi connectivity index (χ0n) is 32.3. The van der Waals surface area contributed by atoms with Gasteiger partial charge in [-0.2, -0.15) is 13.2 Å². The number of benzene rings is 2. The molecule has 3 fully saturated rings. The molecule has 14 nitrogen and oxygen atoms in total. The number of H-pyrrole nitrogens is 1. The second kappa shape index (κ2) is 13.7. The highest BCUT2D eigenvalue weighted by molar-refractivity contribution is 6.23. The molecule has 0 bridgehead atoms. The van der Waals surface area contributed by atoms with E-state index in [1.165, 1.54) is 4.90 Å². The zero-order chi connectivity index (χ0) is 41.0. The van der Waals surface area contributed by atoms with Crippen molar-refractivity contribution in [1.82, 2.24) is 39.9 Å². The number of carbonyl (C=O) groups is 5. The number of anilines is 1. The Bertz CT molecular complexity index is 2390.